The van der Waals surface area contributed by atoms with Crippen LogP contribution >= 0.6 is 0 Å². The zero-order chi connectivity index (χ0) is 20.8. The zero-order valence-electron chi connectivity index (χ0n) is 18.3. The molecule has 1 aliphatic carbocycles. The second-order valence-corrected chi connectivity index (χ2v) is 9.15. The summed E-state index contributed by atoms with van der Waals surface area (Å²) in [6, 6.07) is -0.0945. The Morgan fingerprint density at radius 2 is 1.86 bits per heavy atom. The predicted molar refractivity (Wildman–Crippen MR) is 113 cm³/mol. The zero-order valence-corrected chi connectivity index (χ0v) is 18.3. The lowest BCUT2D eigenvalue weighted by atomic mass is 9.86. The van der Waals surface area contributed by atoms with E-state index in [9.17, 15) is 9.59 Å². The van der Waals surface area contributed by atoms with E-state index in [2.05, 4.69) is 17.1 Å². The standard InChI is InChI=1S/C22H40N4O3/c1-3-17-10-12-25(13-14-29-2)20(17)22(28)26-11-4-5-19(26)21(27)24-15-16-6-8-18(23)9-7-16/h16-20H,3-15,23H2,1-2H3,(H,24,27)/t16?,17-,18?,19+,20-/m1/s1. The molecule has 2 aliphatic heterocycles. The molecule has 166 valence electrons. The fourth-order valence-electron chi connectivity index (χ4n) is 5.40. The van der Waals surface area contributed by atoms with Crippen LogP contribution in [-0.2, 0) is 14.3 Å². The Morgan fingerprint density at radius 3 is 2.55 bits per heavy atom. The van der Waals surface area contributed by atoms with Crippen LogP contribution in [0.2, 0.25) is 0 Å². The molecule has 0 aromatic heterocycles. The fraction of sp³-hybridized carbons (Fsp3) is 0.909. The summed E-state index contributed by atoms with van der Waals surface area (Å²) >= 11 is 0. The van der Waals surface area contributed by atoms with Gasteiger partial charge in [-0.25, -0.2) is 0 Å². The monoisotopic (exact) mass is 408 g/mol. The van der Waals surface area contributed by atoms with E-state index in [1.165, 1.54) is 0 Å². The Hall–Kier alpha value is -1.18. The molecule has 0 unspecified atom stereocenters. The van der Waals surface area contributed by atoms with Crippen molar-refractivity contribution in [2.75, 3.05) is 39.9 Å². The number of likely N-dealkylation sites (tertiary alicyclic amines) is 2. The molecule has 1 saturated carbocycles. The highest BCUT2D eigenvalue weighted by Gasteiger charge is 2.44. The van der Waals surface area contributed by atoms with Crippen molar-refractivity contribution in [3.8, 4) is 0 Å². The minimum Gasteiger partial charge on any atom is -0.383 e. The minimum absolute atomic E-state index is 0.0280. The lowest BCUT2D eigenvalue weighted by molar-refractivity contribution is -0.143. The van der Waals surface area contributed by atoms with Gasteiger partial charge in [-0.2, -0.15) is 0 Å². The van der Waals surface area contributed by atoms with Gasteiger partial charge in [-0.3, -0.25) is 14.5 Å². The predicted octanol–water partition coefficient (Wildman–Crippen LogP) is 1.36. The summed E-state index contributed by atoms with van der Waals surface area (Å²) in [6.45, 7) is 5.92. The third-order valence-electron chi connectivity index (χ3n) is 7.28. The van der Waals surface area contributed by atoms with Crippen LogP contribution in [0.25, 0.3) is 0 Å². The highest BCUT2D eigenvalue weighted by molar-refractivity contribution is 5.90. The summed E-state index contributed by atoms with van der Waals surface area (Å²) < 4.78 is 5.24. The van der Waals surface area contributed by atoms with Crippen molar-refractivity contribution in [2.45, 2.75) is 76.4 Å². The summed E-state index contributed by atoms with van der Waals surface area (Å²) in [6.07, 6.45) is 7.99. The number of nitrogens with one attached hydrogen (secondary N) is 1. The molecule has 2 heterocycles. The first-order valence-corrected chi connectivity index (χ1v) is 11.6. The van der Waals surface area contributed by atoms with Gasteiger partial charge < -0.3 is 20.7 Å². The number of hydrogen-bond donors (Lipinski definition) is 2. The van der Waals surface area contributed by atoms with E-state index in [1.54, 1.807) is 7.11 Å². The van der Waals surface area contributed by atoms with Crippen molar-refractivity contribution in [1.29, 1.82) is 0 Å². The summed E-state index contributed by atoms with van der Waals surface area (Å²) in [5.41, 5.74) is 5.98. The minimum atomic E-state index is -0.310. The average Bonchev–Trinajstić information content (AvgIpc) is 3.38. The average molecular weight is 409 g/mol. The van der Waals surface area contributed by atoms with E-state index >= 15 is 0 Å². The number of carbonyl (C=O) groups is 2. The lowest BCUT2D eigenvalue weighted by Crippen LogP contribution is -2.54. The number of methoxy groups -OCH3 is 1. The maximum absolute atomic E-state index is 13.5. The van der Waals surface area contributed by atoms with E-state index < -0.39 is 0 Å². The Labute approximate surface area is 175 Å². The fourth-order valence-corrected chi connectivity index (χ4v) is 5.40. The molecule has 7 nitrogen and oxygen atoms in total. The highest BCUT2D eigenvalue weighted by Crippen LogP contribution is 2.31. The lowest BCUT2D eigenvalue weighted by Gasteiger charge is -2.33. The maximum Gasteiger partial charge on any atom is 0.242 e. The molecule has 2 saturated heterocycles. The molecule has 3 N–H and O–H groups in total. The molecule has 29 heavy (non-hydrogen) atoms. The van der Waals surface area contributed by atoms with Crippen molar-refractivity contribution in [3.63, 3.8) is 0 Å². The first-order valence-electron chi connectivity index (χ1n) is 11.6. The molecule has 2 amide bonds. The first kappa shape index (κ1) is 22.5. The van der Waals surface area contributed by atoms with Crippen LogP contribution in [0.15, 0.2) is 0 Å². The Balaban J connectivity index is 1.58. The third kappa shape index (κ3) is 5.50. The van der Waals surface area contributed by atoms with Gasteiger partial charge in [0.1, 0.15) is 6.04 Å². The van der Waals surface area contributed by atoms with Gasteiger partial charge in [0.15, 0.2) is 0 Å². The molecule has 0 aromatic carbocycles. The van der Waals surface area contributed by atoms with Crippen molar-refractivity contribution < 1.29 is 14.3 Å². The molecule has 0 radical (unpaired) electrons. The Bertz CT molecular complexity index is 550. The van der Waals surface area contributed by atoms with Crippen LogP contribution in [0, 0.1) is 11.8 Å². The number of nitrogens with two attached hydrogens (primary N) is 1. The molecule has 0 bridgehead atoms. The number of rotatable bonds is 8. The molecule has 3 fully saturated rings. The number of ether oxygens (including phenoxy) is 1. The van der Waals surface area contributed by atoms with Gasteiger partial charge in [-0.1, -0.05) is 13.3 Å². The molecule has 3 rings (SSSR count). The summed E-state index contributed by atoms with van der Waals surface area (Å²) in [4.78, 5) is 30.5. The molecule has 7 heteroatoms. The number of amides is 2. The molecule has 3 atom stereocenters. The summed E-state index contributed by atoms with van der Waals surface area (Å²) in [7, 11) is 1.70. The van der Waals surface area contributed by atoms with Gasteiger partial charge in [0.05, 0.1) is 12.6 Å². The van der Waals surface area contributed by atoms with Crippen molar-refractivity contribution in [1.82, 2.24) is 15.1 Å². The van der Waals surface area contributed by atoms with E-state index in [4.69, 9.17) is 10.5 Å². The van der Waals surface area contributed by atoms with Gasteiger partial charge >= 0.3 is 0 Å². The molecular weight excluding hydrogens is 368 g/mol. The van der Waals surface area contributed by atoms with Crippen LogP contribution in [0.1, 0.15) is 58.3 Å². The van der Waals surface area contributed by atoms with Crippen LogP contribution < -0.4 is 11.1 Å². The normalized spacial score (nSPS) is 33.2. The van der Waals surface area contributed by atoms with Gasteiger partial charge in [0.2, 0.25) is 11.8 Å². The van der Waals surface area contributed by atoms with Gasteiger partial charge in [0.25, 0.3) is 0 Å². The second kappa shape index (κ2) is 10.7. The smallest absolute Gasteiger partial charge is 0.242 e. The van der Waals surface area contributed by atoms with Crippen LogP contribution in [-0.4, -0.2) is 79.6 Å². The Morgan fingerprint density at radius 1 is 1.10 bits per heavy atom. The van der Waals surface area contributed by atoms with Gasteiger partial charge in [-0.15, -0.1) is 0 Å². The van der Waals surface area contributed by atoms with Crippen molar-refractivity contribution in [2.24, 2.45) is 17.6 Å². The maximum atomic E-state index is 13.5. The van der Waals surface area contributed by atoms with E-state index in [0.29, 0.717) is 37.6 Å². The molecule has 0 spiro atoms. The van der Waals surface area contributed by atoms with Gasteiger partial charge in [0, 0.05) is 32.8 Å². The molecular formula is C22H40N4O3. The summed E-state index contributed by atoms with van der Waals surface area (Å²) in [5, 5.41) is 3.15. The topological polar surface area (TPSA) is 87.9 Å². The van der Waals surface area contributed by atoms with Crippen molar-refractivity contribution in [3.05, 3.63) is 0 Å². The van der Waals surface area contributed by atoms with E-state index in [1.807, 2.05) is 4.90 Å². The first-order chi connectivity index (χ1) is 14.0. The number of nitrogens with zero attached hydrogens (tertiary/aromatic N) is 2. The number of hydrogen-bond acceptors (Lipinski definition) is 5. The SMILES string of the molecule is CC[C@@H]1CCN(CCOC)[C@H]1C(=O)N1CCC[C@H]1C(=O)NCC1CCC(N)CC1. The Kier molecular flexibility index (Phi) is 8.33. The van der Waals surface area contributed by atoms with Crippen LogP contribution in [0.4, 0.5) is 0 Å². The summed E-state index contributed by atoms with van der Waals surface area (Å²) in [5.74, 6) is 1.07. The van der Waals surface area contributed by atoms with E-state index in [-0.39, 0.29) is 23.9 Å². The largest absolute Gasteiger partial charge is 0.383 e. The van der Waals surface area contributed by atoms with Crippen LogP contribution in [0.3, 0.4) is 0 Å². The van der Waals surface area contributed by atoms with E-state index in [0.717, 1.165) is 64.5 Å². The quantitative estimate of drug-likeness (QED) is 0.633. The number of carbonyl (C=O) groups excluding carboxylic acids is 2. The highest BCUT2D eigenvalue weighted by atomic mass is 16.5. The van der Waals surface area contributed by atoms with Crippen LogP contribution in [0.5, 0.6) is 0 Å². The van der Waals surface area contributed by atoms with Gasteiger partial charge in [-0.05, 0) is 63.3 Å². The third-order valence-corrected chi connectivity index (χ3v) is 7.28. The van der Waals surface area contributed by atoms with Crippen molar-refractivity contribution >= 4 is 11.8 Å². The molecule has 0 aromatic rings. The molecule has 3 aliphatic rings. The second-order valence-electron chi connectivity index (χ2n) is 9.15.